The molecule has 0 unspecified atom stereocenters. The second kappa shape index (κ2) is 10.1. The normalized spacial score (nSPS) is 10.2. The second-order valence-corrected chi connectivity index (χ2v) is 5.97. The first-order chi connectivity index (χ1) is 12.5. The maximum atomic E-state index is 11.8. The van der Waals surface area contributed by atoms with Gasteiger partial charge >= 0.3 is 12.0 Å². The van der Waals surface area contributed by atoms with Crippen molar-refractivity contribution < 1.29 is 19.4 Å². The Bertz CT molecular complexity index is 702. The molecule has 0 atom stereocenters. The van der Waals surface area contributed by atoms with Gasteiger partial charge in [0.2, 0.25) is 0 Å². The lowest BCUT2D eigenvalue weighted by Crippen LogP contribution is -2.39. The monoisotopic (exact) mass is 356 g/mol. The van der Waals surface area contributed by atoms with E-state index >= 15 is 0 Å². The number of nitrogens with zero attached hydrogens (tertiary/aromatic N) is 1. The molecule has 0 aliphatic carbocycles. The predicted octanol–water partition coefficient (Wildman–Crippen LogP) is 2.92. The van der Waals surface area contributed by atoms with E-state index in [1.54, 1.807) is 7.05 Å². The fraction of sp³-hybridized carbons (Fsp3) is 0.300. The number of nitrogens with one attached hydrogen (secondary N) is 1. The Labute approximate surface area is 153 Å². The van der Waals surface area contributed by atoms with Crippen molar-refractivity contribution >= 4 is 12.0 Å². The molecule has 0 aromatic heterocycles. The minimum atomic E-state index is -0.917. The number of ether oxygens (including phenoxy) is 1. The van der Waals surface area contributed by atoms with Crippen LogP contribution in [0.4, 0.5) is 4.79 Å². The number of carboxylic acid groups (broad SMARTS) is 1. The lowest BCUT2D eigenvalue weighted by molar-refractivity contribution is -0.137. The molecule has 0 aliphatic heterocycles. The Balaban J connectivity index is 1.70. The summed E-state index contributed by atoms with van der Waals surface area (Å²) in [5.41, 5.74) is 2.21. The smallest absolute Gasteiger partial charge is 0.317 e. The van der Waals surface area contributed by atoms with Crippen LogP contribution in [0.2, 0.25) is 0 Å². The summed E-state index contributed by atoms with van der Waals surface area (Å²) in [7, 11) is 1.58. The van der Waals surface area contributed by atoms with Gasteiger partial charge in [0.15, 0.2) is 0 Å². The largest absolute Gasteiger partial charge is 0.489 e. The second-order valence-electron chi connectivity index (χ2n) is 5.97. The van der Waals surface area contributed by atoms with Gasteiger partial charge in [0.1, 0.15) is 12.4 Å². The van der Waals surface area contributed by atoms with Crippen LogP contribution in [0, 0.1) is 0 Å². The summed E-state index contributed by atoms with van der Waals surface area (Å²) in [5, 5.41) is 11.4. The molecule has 0 spiro atoms. The molecule has 0 bridgehead atoms. The number of hydrogen-bond donors (Lipinski definition) is 2. The molecule has 0 aliphatic rings. The average molecular weight is 356 g/mol. The van der Waals surface area contributed by atoms with Crippen LogP contribution >= 0.6 is 0 Å². The molecule has 2 aromatic rings. The van der Waals surface area contributed by atoms with Crippen LogP contribution in [0.1, 0.15) is 17.5 Å². The van der Waals surface area contributed by atoms with Crippen molar-refractivity contribution in [3.8, 4) is 5.75 Å². The molecule has 0 radical (unpaired) electrons. The van der Waals surface area contributed by atoms with Gasteiger partial charge in [0, 0.05) is 20.1 Å². The first-order valence-corrected chi connectivity index (χ1v) is 8.51. The minimum absolute atomic E-state index is 0.0611. The molecule has 2 N–H and O–H groups in total. The fourth-order valence-electron chi connectivity index (χ4n) is 2.31. The van der Waals surface area contributed by atoms with Gasteiger partial charge in [0.05, 0.1) is 6.42 Å². The van der Waals surface area contributed by atoms with Crippen molar-refractivity contribution in [3.05, 3.63) is 65.7 Å². The highest BCUT2D eigenvalue weighted by Gasteiger charge is 2.09. The zero-order valence-corrected chi connectivity index (χ0v) is 14.9. The lowest BCUT2D eigenvalue weighted by Gasteiger charge is -2.16. The van der Waals surface area contributed by atoms with Crippen molar-refractivity contribution in [1.82, 2.24) is 10.2 Å². The van der Waals surface area contributed by atoms with Gasteiger partial charge in [-0.2, -0.15) is 0 Å². The molecule has 2 rings (SSSR count). The molecule has 0 saturated carbocycles. The predicted molar refractivity (Wildman–Crippen MR) is 99.2 cm³/mol. The van der Waals surface area contributed by atoms with Crippen molar-refractivity contribution in [2.75, 3.05) is 20.1 Å². The van der Waals surface area contributed by atoms with Gasteiger partial charge in [-0.05, 0) is 29.7 Å². The lowest BCUT2D eigenvalue weighted by atomic mass is 10.1. The fourth-order valence-corrected chi connectivity index (χ4v) is 2.31. The van der Waals surface area contributed by atoms with Gasteiger partial charge in [-0.1, -0.05) is 42.5 Å². The summed E-state index contributed by atoms with van der Waals surface area (Å²) in [6.07, 6.45) is 0.631. The molecular weight excluding hydrogens is 332 g/mol. The van der Waals surface area contributed by atoms with E-state index < -0.39 is 5.97 Å². The summed E-state index contributed by atoms with van der Waals surface area (Å²) in [5.74, 6) is -0.116. The Morgan fingerprint density at radius 3 is 2.38 bits per heavy atom. The molecule has 6 heteroatoms. The highest BCUT2D eigenvalue weighted by molar-refractivity contribution is 5.74. The number of aliphatic carboxylic acids is 1. The van der Waals surface area contributed by atoms with Gasteiger partial charge < -0.3 is 20.1 Å². The third kappa shape index (κ3) is 6.84. The summed E-state index contributed by atoms with van der Waals surface area (Å²) < 4.78 is 5.74. The topological polar surface area (TPSA) is 78.9 Å². The van der Waals surface area contributed by atoms with Crippen LogP contribution in [0.5, 0.6) is 5.75 Å². The molecule has 2 amide bonds. The Morgan fingerprint density at radius 1 is 1.04 bits per heavy atom. The molecule has 2 aromatic carbocycles. The standard InChI is InChI=1S/C20H24N2O4/c1-22(14-12-19(23)24)20(25)21-13-11-16-7-9-18(10-8-16)26-15-17-5-3-2-4-6-17/h2-10H,11-15H2,1H3,(H,21,25)(H,23,24). The van der Waals surface area contributed by atoms with Crippen LogP contribution < -0.4 is 10.1 Å². The van der Waals surface area contributed by atoms with Gasteiger partial charge in [-0.25, -0.2) is 4.79 Å². The first-order valence-electron chi connectivity index (χ1n) is 8.51. The molecule has 0 heterocycles. The van der Waals surface area contributed by atoms with Crippen molar-refractivity contribution in [2.24, 2.45) is 0 Å². The molecule has 0 fully saturated rings. The van der Waals surface area contributed by atoms with Crippen LogP contribution in [0.15, 0.2) is 54.6 Å². The number of carbonyl (C=O) groups excluding carboxylic acids is 1. The highest BCUT2D eigenvalue weighted by Crippen LogP contribution is 2.14. The maximum Gasteiger partial charge on any atom is 0.317 e. The van der Waals surface area contributed by atoms with Crippen LogP contribution in [-0.4, -0.2) is 42.1 Å². The van der Waals surface area contributed by atoms with Gasteiger partial charge in [-0.3, -0.25) is 4.79 Å². The summed E-state index contributed by atoms with van der Waals surface area (Å²) in [6, 6.07) is 17.5. The van der Waals surface area contributed by atoms with E-state index in [2.05, 4.69) is 5.32 Å². The van der Waals surface area contributed by atoms with E-state index in [9.17, 15) is 9.59 Å². The van der Waals surface area contributed by atoms with Crippen molar-refractivity contribution in [2.45, 2.75) is 19.4 Å². The van der Waals surface area contributed by atoms with Gasteiger partial charge in [-0.15, -0.1) is 0 Å². The van der Waals surface area contributed by atoms with E-state index in [0.717, 1.165) is 16.9 Å². The number of rotatable bonds is 9. The Morgan fingerprint density at radius 2 is 1.73 bits per heavy atom. The van der Waals surface area contributed by atoms with Crippen molar-refractivity contribution in [3.63, 3.8) is 0 Å². The number of hydrogen-bond acceptors (Lipinski definition) is 3. The number of urea groups is 1. The van der Waals surface area contributed by atoms with Gasteiger partial charge in [0.25, 0.3) is 0 Å². The first kappa shape index (κ1) is 19.3. The average Bonchev–Trinajstić information content (AvgIpc) is 2.66. The van der Waals surface area contributed by atoms with Crippen LogP contribution in [0.3, 0.4) is 0 Å². The van der Waals surface area contributed by atoms with Crippen molar-refractivity contribution in [1.29, 1.82) is 0 Å². The quantitative estimate of drug-likeness (QED) is 0.724. The highest BCUT2D eigenvalue weighted by atomic mass is 16.5. The molecule has 138 valence electrons. The number of amides is 2. The van der Waals surface area contributed by atoms with E-state index in [4.69, 9.17) is 9.84 Å². The third-order valence-electron chi connectivity index (χ3n) is 3.87. The molecule has 26 heavy (non-hydrogen) atoms. The summed E-state index contributed by atoms with van der Waals surface area (Å²) >= 11 is 0. The van der Waals surface area contributed by atoms with E-state index in [0.29, 0.717) is 19.6 Å². The molecule has 6 nitrogen and oxygen atoms in total. The third-order valence-corrected chi connectivity index (χ3v) is 3.87. The van der Waals surface area contributed by atoms with E-state index in [1.807, 2.05) is 54.6 Å². The Hall–Kier alpha value is -3.02. The van der Waals surface area contributed by atoms with Crippen LogP contribution in [0.25, 0.3) is 0 Å². The molecule has 0 saturated heterocycles. The summed E-state index contributed by atoms with van der Waals surface area (Å²) in [4.78, 5) is 23.7. The summed E-state index contributed by atoms with van der Waals surface area (Å²) in [6.45, 7) is 1.20. The number of carbonyl (C=O) groups is 2. The minimum Gasteiger partial charge on any atom is -0.489 e. The Kier molecular flexibility index (Phi) is 7.49. The van der Waals surface area contributed by atoms with E-state index in [-0.39, 0.29) is 19.0 Å². The number of carboxylic acids is 1. The maximum absolute atomic E-state index is 11.8. The zero-order chi connectivity index (χ0) is 18.8. The number of benzene rings is 2. The van der Waals surface area contributed by atoms with Crippen LogP contribution in [-0.2, 0) is 17.8 Å². The van der Waals surface area contributed by atoms with E-state index in [1.165, 1.54) is 4.90 Å². The molecular formula is C20H24N2O4. The zero-order valence-electron chi connectivity index (χ0n) is 14.9. The SMILES string of the molecule is CN(CCC(=O)O)C(=O)NCCc1ccc(OCc2ccccc2)cc1.